The number of pyridine rings is 1. The molecule has 128 valence electrons. The Morgan fingerprint density at radius 3 is 2.68 bits per heavy atom. The zero-order valence-corrected chi connectivity index (χ0v) is 14.0. The summed E-state index contributed by atoms with van der Waals surface area (Å²) in [7, 11) is 1.67. The Hall–Kier alpha value is -2.89. The second kappa shape index (κ2) is 6.20. The molecule has 0 N–H and O–H groups in total. The van der Waals surface area contributed by atoms with Crippen LogP contribution in [0.15, 0.2) is 51.8 Å². The van der Waals surface area contributed by atoms with Gasteiger partial charge in [0, 0.05) is 43.9 Å². The van der Waals surface area contributed by atoms with E-state index >= 15 is 0 Å². The van der Waals surface area contributed by atoms with Crippen molar-refractivity contribution in [2.45, 2.75) is 18.8 Å². The van der Waals surface area contributed by atoms with E-state index in [1.165, 1.54) is 10.6 Å². The van der Waals surface area contributed by atoms with Gasteiger partial charge in [-0.2, -0.15) is 0 Å². The van der Waals surface area contributed by atoms with Crippen LogP contribution in [0.5, 0.6) is 0 Å². The highest BCUT2D eigenvalue weighted by Gasteiger charge is 2.27. The summed E-state index contributed by atoms with van der Waals surface area (Å²) < 4.78 is 7.31. The zero-order valence-electron chi connectivity index (χ0n) is 14.0. The normalized spacial score (nSPS) is 15.6. The van der Waals surface area contributed by atoms with Gasteiger partial charge in [-0.05, 0) is 31.0 Å². The topological polar surface area (TPSA) is 68.3 Å². The molecule has 0 saturated carbocycles. The number of para-hydroxylation sites is 2. The largest absolute Gasteiger partial charge is 0.440 e. The van der Waals surface area contributed by atoms with Gasteiger partial charge in [0.1, 0.15) is 5.52 Å². The summed E-state index contributed by atoms with van der Waals surface area (Å²) in [6.45, 7) is 1.27. The van der Waals surface area contributed by atoms with Gasteiger partial charge in [-0.25, -0.2) is 4.98 Å². The maximum Gasteiger partial charge on any atom is 0.254 e. The van der Waals surface area contributed by atoms with E-state index in [1.807, 2.05) is 24.3 Å². The molecule has 0 radical (unpaired) electrons. The Labute approximate surface area is 144 Å². The summed E-state index contributed by atoms with van der Waals surface area (Å²) >= 11 is 0. The Morgan fingerprint density at radius 1 is 1.20 bits per heavy atom. The number of piperidine rings is 1. The first-order valence-electron chi connectivity index (χ1n) is 8.43. The summed E-state index contributed by atoms with van der Waals surface area (Å²) in [4.78, 5) is 30.7. The van der Waals surface area contributed by atoms with Gasteiger partial charge in [0.15, 0.2) is 11.5 Å². The molecule has 0 bridgehead atoms. The van der Waals surface area contributed by atoms with Crippen molar-refractivity contribution in [1.82, 2.24) is 14.5 Å². The molecule has 3 heterocycles. The van der Waals surface area contributed by atoms with Crippen LogP contribution in [0, 0.1) is 0 Å². The van der Waals surface area contributed by atoms with E-state index in [2.05, 4.69) is 4.98 Å². The van der Waals surface area contributed by atoms with E-state index in [0.717, 1.165) is 29.8 Å². The van der Waals surface area contributed by atoms with Gasteiger partial charge < -0.3 is 13.9 Å². The van der Waals surface area contributed by atoms with Crippen LogP contribution in [0.2, 0.25) is 0 Å². The number of carbonyl (C=O) groups excluding carboxylic acids is 1. The third-order valence-corrected chi connectivity index (χ3v) is 4.79. The second-order valence-corrected chi connectivity index (χ2v) is 6.45. The first-order valence-corrected chi connectivity index (χ1v) is 8.43. The monoisotopic (exact) mass is 337 g/mol. The maximum absolute atomic E-state index is 12.6. The van der Waals surface area contributed by atoms with Gasteiger partial charge in [0.25, 0.3) is 11.5 Å². The van der Waals surface area contributed by atoms with Crippen molar-refractivity contribution in [3.05, 3.63) is 64.4 Å². The fraction of sp³-hybridized carbons (Fsp3) is 0.316. The summed E-state index contributed by atoms with van der Waals surface area (Å²) in [6.07, 6.45) is 3.24. The molecule has 0 aliphatic carbocycles. The standard InChI is InChI=1S/C19H19N3O3/c1-21-9-6-14(12-17(21)23)19(24)22-10-7-13(8-11-22)18-20-15-4-2-3-5-16(15)25-18/h2-6,9,12-13H,7-8,10-11H2,1H3. The van der Waals surface area contributed by atoms with Crippen LogP contribution in [-0.4, -0.2) is 33.4 Å². The molecule has 25 heavy (non-hydrogen) atoms. The van der Waals surface area contributed by atoms with Crippen LogP contribution in [-0.2, 0) is 7.05 Å². The Balaban J connectivity index is 1.46. The summed E-state index contributed by atoms with van der Waals surface area (Å²) in [6, 6.07) is 10.8. The fourth-order valence-electron chi connectivity index (χ4n) is 3.26. The Morgan fingerprint density at radius 2 is 1.96 bits per heavy atom. The molecule has 0 spiro atoms. The number of benzene rings is 1. The number of amides is 1. The minimum Gasteiger partial charge on any atom is -0.440 e. The van der Waals surface area contributed by atoms with Crippen LogP contribution in [0.1, 0.15) is 35.0 Å². The molecule has 1 amide bonds. The number of carbonyl (C=O) groups is 1. The number of aryl methyl sites for hydroxylation is 1. The molecule has 6 heteroatoms. The number of rotatable bonds is 2. The van der Waals surface area contributed by atoms with Gasteiger partial charge in [0.05, 0.1) is 0 Å². The second-order valence-electron chi connectivity index (χ2n) is 6.45. The third-order valence-electron chi connectivity index (χ3n) is 4.79. The Kier molecular flexibility index (Phi) is 3.87. The SMILES string of the molecule is Cn1ccc(C(=O)N2CCC(c3nc4ccccc4o3)CC2)cc1=O. The van der Waals surface area contributed by atoms with Crippen molar-refractivity contribution in [2.24, 2.45) is 7.05 Å². The molecule has 1 saturated heterocycles. The van der Waals surface area contributed by atoms with E-state index in [0.29, 0.717) is 18.7 Å². The predicted molar refractivity (Wildman–Crippen MR) is 93.6 cm³/mol. The number of nitrogens with zero attached hydrogens (tertiary/aromatic N) is 3. The highest BCUT2D eigenvalue weighted by molar-refractivity contribution is 5.94. The number of aromatic nitrogens is 2. The number of oxazole rings is 1. The predicted octanol–water partition coefficient (Wildman–Crippen LogP) is 2.55. The average molecular weight is 337 g/mol. The van der Waals surface area contributed by atoms with Crippen LogP contribution in [0.3, 0.4) is 0 Å². The van der Waals surface area contributed by atoms with Gasteiger partial charge in [-0.1, -0.05) is 12.1 Å². The molecule has 3 aromatic rings. The molecule has 0 unspecified atom stereocenters. The van der Waals surface area contributed by atoms with Crippen molar-refractivity contribution in [1.29, 1.82) is 0 Å². The lowest BCUT2D eigenvalue weighted by molar-refractivity contribution is 0.0706. The number of hydrogen-bond donors (Lipinski definition) is 0. The van der Waals surface area contributed by atoms with E-state index in [1.54, 1.807) is 24.2 Å². The fourth-order valence-corrected chi connectivity index (χ4v) is 3.26. The summed E-state index contributed by atoms with van der Waals surface area (Å²) in [5.74, 6) is 0.885. The van der Waals surface area contributed by atoms with Crippen molar-refractivity contribution in [3.63, 3.8) is 0 Å². The smallest absolute Gasteiger partial charge is 0.254 e. The van der Waals surface area contributed by atoms with Gasteiger partial charge in [-0.15, -0.1) is 0 Å². The van der Waals surface area contributed by atoms with Crippen LogP contribution < -0.4 is 5.56 Å². The first-order chi connectivity index (χ1) is 12.1. The van der Waals surface area contributed by atoms with E-state index in [9.17, 15) is 9.59 Å². The zero-order chi connectivity index (χ0) is 17.4. The van der Waals surface area contributed by atoms with Crippen LogP contribution >= 0.6 is 0 Å². The molecule has 1 aliphatic heterocycles. The Bertz CT molecular complexity index is 948. The highest BCUT2D eigenvalue weighted by Crippen LogP contribution is 2.30. The van der Waals surface area contributed by atoms with E-state index < -0.39 is 0 Å². The molecule has 1 aromatic carbocycles. The molecule has 2 aromatic heterocycles. The third kappa shape index (κ3) is 2.95. The molecule has 6 nitrogen and oxygen atoms in total. The minimum absolute atomic E-state index is 0.0892. The van der Waals surface area contributed by atoms with Crippen molar-refractivity contribution < 1.29 is 9.21 Å². The number of likely N-dealkylation sites (tertiary alicyclic amines) is 1. The summed E-state index contributed by atoms with van der Waals surface area (Å²) in [5.41, 5.74) is 1.95. The molecule has 4 rings (SSSR count). The van der Waals surface area contributed by atoms with Gasteiger partial charge >= 0.3 is 0 Å². The number of fused-ring (bicyclic) bond motifs is 1. The summed E-state index contributed by atoms with van der Waals surface area (Å²) in [5, 5.41) is 0. The van der Waals surface area contributed by atoms with Crippen molar-refractivity contribution >= 4 is 17.0 Å². The minimum atomic E-state index is -0.174. The molecule has 0 atom stereocenters. The van der Waals surface area contributed by atoms with Crippen molar-refractivity contribution in [2.75, 3.05) is 13.1 Å². The lowest BCUT2D eigenvalue weighted by atomic mass is 9.96. The van der Waals surface area contributed by atoms with Gasteiger partial charge in [0.2, 0.25) is 0 Å². The first kappa shape index (κ1) is 15.6. The van der Waals surface area contributed by atoms with E-state index in [4.69, 9.17) is 4.42 Å². The average Bonchev–Trinajstić information content (AvgIpc) is 3.08. The van der Waals surface area contributed by atoms with Crippen LogP contribution in [0.25, 0.3) is 11.1 Å². The molecule has 1 fully saturated rings. The molecular weight excluding hydrogens is 318 g/mol. The molecule has 1 aliphatic rings. The van der Waals surface area contributed by atoms with Gasteiger partial charge in [-0.3, -0.25) is 9.59 Å². The lowest BCUT2D eigenvalue weighted by Crippen LogP contribution is -2.38. The molecular formula is C19H19N3O3. The highest BCUT2D eigenvalue weighted by atomic mass is 16.3. The van der Waals surface area contributed by atoms with E-state index in [-0.39, 0.29) is 17.4 Å². The maximum atomic E-state index is 12.6. The number of hydrogen-bond acceptors (Lipinski definition) is 4. The lowest BCUT2D eigenvalue weighted by Gasteiger charge is -2.30. The van der Waals surface area contributed by atoms with Crippen LogP contribution in [0.4, 0.5) is 0 Å². The van der Waals surface area contributed by atoms with Crippen molar-refractivity contribution in [3.8, 4) is 0 Å². The quantitative estimate of drug-likeness (QED) is 0.721.